The van der Waals surface area contributed by atoms with Crippen molar-refractivity contribution in [2.75, 3.05) is 25.5 Å². The maximum Gasteiger partial charge on any atom is 0.243 e. The number of carbonyl (C=O) groups is 2. The molecular formula is C17H24ClN3O2. The number of hydrogen-bond donors (Lipinski definition) is 2. The van der Waals surface area contributed by atoms with Gasteiger partial charge in [-0.2, -0.15) is 0 Å². The minimum Gasteiger partial charge on any atom is -0.335 e. The normalized spacial score (nSPS) is 20.4. The van der Waals surface area contributed by atoms with Crippen molar-refractivity contribution in [2.45, 2.75) is 38.6 Å². The molecule has 23 heavy (non-hydrogen) atoms. The van der Waals surface area contributed by atoms with E-state index in [4.69, 9.17) is 11.6 Å². The average molecular weight is 338 g/mol. The fourth-order valence-corrected chi connectivity index (χ4v) is 3.26. The molecule has 0 radical (unpaired) electrons. The second-order valence-corrected chi connectivity index (χ2v) is 6.93. The summed E-state index contributed by atoms with van der Waals surface area (Å²) in [6.45, 7) is 6.61. The van der Waals surface area contributed by atoms with Crippen LogP contribution in [0.25, 0.3) is 0 Å². The second-order valence-electron chi connectivity index (χ2n) is 6.31. The molecule has 1 heterocycles. The highest BCUT2D eigenvalue weighted by Gasteiger charge is 2.30. The number of aryl methyl sites for hydroxylation is 3. The summed E-state index contributed by atoms with van der Waals surface area (Å²) in [6, 6.07) is 3.76. The van der Waals surface area contributed by atoms with E-state index in [1.54, 1.807) is 7.05 Å². The number of carbonyl (C=O) groups excluding carboxylic acids is 2. The quantitative estimate of drug-likeness (QED) is 0.826. The number of anilines is 1. The molecule has 0 saturated carbocycles. The topological polar surface area (TPSA) is 61.4 Å². The van der Waals surface area contributed by atoms with Crippen molar-refractivity contribution in [3.05, 3.63) is 28.8 Å². The van der Waals surface area contributed by atoms with Gasteiger partial charge in [-0.25, -0.2) is 0 Å². The van der Waals surface area contributed by atoms with Crippen LogP contribution in [0.5, 0.6) is 0 Å². The first-order chi connectivity index (χ1) is 10.8. The Morgan fingerprint density at radius 2 is 1.91 bits per heavy atom. The van der Waals surface area contributed by atoms with Crippen molar-refractivity contribution < 1.29 is 9.59 Å². The molecule has 0 aliphatic carbocycles. The summed E-state index contributed by atoms with van der Waals surface area (Å²) < 4.78 is 0. The van der Waals surface area contributed by atoms with E-state index in [-0.39, 0.29) is 29.8 Å². The Labute approximate surface area is 142 Å². The van der Waals surface area contributed by atoms with Crippen molar-refractivity contribution in [1.82, 2.24) is 10.2 Å². The predicted octanol–water partition coefficient (Wildman–Crippen LogP) is 1.98. The highest BCUT2D eigenvalue weighted by Crippen LogP contribution is 2.22. The molecule has 0 aromatic heterocycles. The van der Waals surface area contributed by atoms with Crippen molar-refractivity contribution in [1.29, 1.82) is 0 Å². The standard InChI is InChI=1S/C17H24ClN3O2/c1-10-5-11(2)16(12(3)6-10)20-15(22)9-21(4)17(23)14-7-13(18)8-19-14/h5-6,13-14,19H,7-9H2,1-4H3,(H,20,22). The molecule has 126 valence electrons. The lowest BCUT2D eigenvalue weighted by Crippen LogP contribution is -2.44. The number of likely N-dealkylation sites (N-methyl/N-ethyl adjacent to an activating group) is 1. The van der Waals surface area contributed by atoms with Crippen LogP contribution < -0.4 is 10.6 Å². The SMILES string of the molecule is Cc1cc(C)c(NC(=O)CN(C)C(=O)C2CC(Cl)CN2)c(C)c1. The monoisotopic (exact) mass is 337 g/mol. The smallest absolute Gasteiger partial charge is 0.243 e. The number of rotatable bonds is 4. The number of halogens is 1. The second kappa shape index (κ2) is 7.32. The third-order valence-corrected chi connectivity index (χ3v) is 4.41. The summed E-state index contributed by atoms with van der Waals surface area (Å²) in [5.74, 6) is -0.294. The lowest BCUT2D eigenvalue weighted by atomic mass is 10.1. The molecule has 2 N–H and O–H groups in total. The van der Waals surface area contributed by atoms with E-state index < -0.39 is 0 Å². The Hall–Kier alpha value is -1.59. The molecule has 1 fully saturated rings. The van der Waals surface area contributed by atoms with Crippen molar-refractivity contribution in [3.63, 3.8) is 0 Å². The Kier molecular flexibility index (Phi) is 5.65. The molecule has 2 rings (SSSR count). The molecule has 1 saturated heterocycles. The number of benzene rings is 1. The number of amides is 2. The van der Waals surface area contributed by atoms with E-state index in [1.165, 1.54) is 4.90 Å². The zero-order valence-electron chi connectivity index (χ0n) is 14.1. The third-order valence-electron chi connectivity index (χ3n) is 4.07. The molecule has 0 bridgehead atoms. The van der Waals surface area contributed by atoms with Crippen molar-refractivity contribution >= 4 is 29.1 Å². The maximum atomic E-state index is 12.3. The molecule has 1 aliphatic rings. The van der Waals surface area contributed by atoms with Gasteiger partial charge in [0, 0.05) is 24.7 Å². The lowest BCUT2D eigenvalue weighted by molar-refractivity contribution is -0.134. The summed E-state index contributed by atoms with van der Waals surface area (Å²) in [4.78, 5) is 26.0. The van der Waals surface area contributed by atoms with Gasteiger partial charge in [0.25, 0.3) is 0 Å². The third kappa shape index (κ3) is 4.45. The first kappa shape index (κ1) is 17.8. The first-order valence-electron chi connectivity index (χ1n) is 7.78. The van der Waals surface area contributed by atoms with Gasteiger partial charge in [0.15, 0.2) is 0 Å². The molecule has 2 unspecified atom stereocenters. The van der Waals surface area contributed by atoms with Gasteiger partial charge in [-0.1, -0.05) is 17.7 Å². The Morgan fingerprint density at radius 1 is 1.30 bits per heavy atom. The van der Waals surface area contributed by atoms with E-state index >= 15 is 0 Å². The van der Waals surface area contributed by atoms with E-state index in [0.717, 1.165) is 22.4 Å². The lowest BCUT2D eigenvalue weighted by Gasteiger charge is -2.21. The van der Waals surface area contributed by atoms with Gasteiger partial charge in [0.1, 0.15) is 0 Å². The zero-order chi connectivity index (χ0) is 17.1. The average Bonchev–Trinajstić information content (AvgIpc) is 2.88. The van der Waals surface area contributed by atoms with Crippen LogP contribution in [0, 0.1) is 20.8 Å². The number of nitrogens with one attached hydrogen (secondary N) is 2. The van der Waals surface area contributed by atoms with Gasteiger partial charge in [-0.15, -0.1) is 11.6 Å². The van der Waals surface area contributed by atoms with Gasteiger partial charge < -0.3 is 15.5 Å². The van der Waals surface area contributed by atoms with Gasteiger partial charge in [-0.3, -0.25) is 9.59 Å². The number of alkyl halides is 1. The van der Waals surface area contributed by atoms with Crippen molar-refractivity contribution in [2.24, 2.45) is 0 Å². The predicted molar refractivity (Wildman–Crippen MR) is 93.0 cm³/mol. The van der Waals surface area contributed by atoms with Gasteiger partial charge in [-0.05, 0) is 38.3 Å². The Morgan fingerprint density at radius 3 is 2.43 bits per heavy atom. The fourth-order valence-electron chi connectivity index (χ4n) is 3.00. The van der Waals surface area contributed by atoms with E-state index in [0.29, 0.717) is 13.0 Å². The van der Waals surface area contributed by atoms with Crippen molar-refractivity contribution in [3.8, 4) is 0 Å². The van der Waals surface area contributed by atoms with Crippen LogP contribution in [0.15, 0.2) is 12.1 Å². The van der Waals surface area contributed by atoms with Crippen LogP contribution in [-0.2, 0) is 9.59 Å². The summed E-state index contributed by atoms with van der Waals surface area (Å²) in [7, 11) is 1.64. The van der Waals surface area contributed by atoms with Crippen LogP contribution >= 0.6 is 11.6 Å². The molecule has 1 aromatic rings. The summed E-state index contributed by atoms with van der Waals surface area (Å²) in [6.07, 6.45) is 0.600. The summed E-state index contributed by atoms with van der Waals surface area (Å²) in [5.41, 5.74) is 4.02. The molecular weight excluding hydrogens is 314 g/mol. The summed E-state index contributed by atoms with van der Waals surface area (Å²) in [5, 5.41) is 5.97. The number of nitrogens with zero attached hydrogens (tertiary/aromatic N) is 1. The molecule has 1 aromatic carbocycles. The zero-order valence-corrected chi connectivity index (χ0v) is 14.8. The Bertz CT molecular complexity index is 595. The van der Waals surface area contributed by atoms with Gasteiger partial charge >= 0.3 is 0 Å². The van der Waals surface area contributed by atoms with Crippen LogP contribution in [0.1, 0.15) is 23.1 Å². The fraction of sp³-hybridized carbons (Fsp3) is 0.529. The molecule has 2 atom stereocenters. The molecule has 5 nitrogen and oxygen atoms in total. The minimum atomic E-state index is -0.293. The highest BCUT2D eigenvalue weighted by molar-refractivity contribution is 6.21. The summed E-state index contributed by atoms with van der Waals surface area (Å²) >= 11 is 6.00. The van der Waals surface area contributed by atoms with Gasteiger partial charge in [0.2, 0.25) is 11.8 Å². The Balaban J connectivity index is 1.95. The van der Waals surface area contributed by atoms with Crippen LogP contribution in [0.4, 0.5) is 5.69 Å². The van der Waals surface area contributed by atoms with Crippen LogP contribution in [0.3, 0.4) is 0 Å². The highest BCUT2D eigenvalue weighted by atomic mass is 35.5. The number of hydrogen-bond acceptors (Lipinski definition) is 3. The van der Waals surface area contributed by atoms with E-state index in [1.807, 2.05) is 32.9 Å². The van der Waals surface area contributed by atoms with E-state index in [9.17, 15) is 9.59 Å². The van der Waals surface area contributed by atoms with Crippen LogP contribution in [-0.4, -0.2) is 48.3 Å². The first-order valence-corrected chi connectivity index (χ1v) is 8.21. The molecule has 6 heteroatoms. The van der Waals surface area contributed by atoms with Gasteiger partial charge in [0.05, 0.1) is 12.6 Å². The maximum absolute atomic E-state index is 12.3. The largest absolute Gasteiger partial charge is 0.335 e. The molecule has 0 spiro atoms. The molecule has 1 aliphatic heterocycles. The van der Waals surface area contributed by atoms with E-state index in [2.05, 4.69) is 10.6 Å². The van der Waals surface area contributed by atoms with Crippen LogP contribution in [0.2, 0.25) is 0 Å². The molecule has 2 amide bonds. The minimum absolute atomic E-state index is 0.0240.